The summed E-state index contributed by atoms with van der Waals surface area (Å²) >= 11 is 0. The van der Waals surface area contributed by atoms with Crippen molar-refractivity contribution in [1.82, 2.24) is 4.90 Å². The van der Waals surface area contributed by atoms with E-state index in [-0.39, 0.29) is 30.6 Å². The Morgan fingerprint density at radius 3 is 1.98 bits per heavy atom. The van der Waals surface area contributed by atoms with E-state index in [0.29, 0.717) is 29.8 Å². The Kier molecular flexibility index (Phi) is 9.86. The number of halogens is 6. The number of hydrogen-bond acceptors (Lipinski definition) is 4. The molecule has 12 heteroatoms. The lowest BCUT2D eigenvalue weighted by atomic mass is 9.87. The molecule has 1 saturated heterocycles. The molecule has 0 spiro atoms. The van der Waals surface area contributed by atoms with Crippen molar-refractivity contribution in [2.24, 2.45) is 0 Å². The number of nitrogens with one attached hydrogen (secondary N) is 1. The number of ether oxygens (including phenoxy) is 2. The van der Waals surface area contributed by atoms with Gasteiger partial charge in [-0.15, -0.1) is 0 Å². The molecule has 1 N–H and O–H groups in total. The zero-order valence-corrected chi connectivity index (χ0v) is 25.1. The maximum Gasteiger partial charge on any atom is 0.416 e. The van der Waals surface area contributed by atoms with E-state index in [1.807, 2.05) is 18.2 Å². The number of likely N-dealkylation sites (tertiary alicyclic amines) is 1. The summed E-state index contributed by atoms with van der Waals surface area (Å²) < 4.78 is 92.2. The van der Waals surface area contributed by atoms with E-state index in [1.54, 1.807) is 62.1 Å². The van der Waals surface area contributed by atoms with Gasteiger partial charge in [-0.2, -0.15) is 26.3 Å². The number of benzene rings is 3. The standard InChI is InChI=1S/C33H34F6N2O4/c1-20(23-16-24(32(34,35)36)18-25(17-23)33(37,38)39)44-28-14-15-41(19-27(28)21-8-6-5-7-9-21)29(42)22-10-12-26(13-11-22)40-30(43)45-31(2,3)4/h5-13,16-18,20,27-28H,14-15,19H2,1-4H3,(H,40,43)/t20-,27+,28+/m1/s1. The predicted molar refractivity (Wildman–Crippen MR) is 156 cm³/mol. The highest BCUT2D eigenvalue weighted by molar-refractivity contribution is 5.95. The van der Waals surface area contributed by atoms with Gasteiger partial charge < -0.3 is 14.4 Å². The van der Waals surface area contributed by atoms with Crippen LogP contribution in [-0.4, -0.2) is 41.7 Å². The van der Waals surface area contributed by atoms with Crippen LogP contribution < -0.4 is 5.32 Å². The van der Waals surface area contributed by atoms with Crippen molar-refractivity contribution < 1.29 is 45.4 Å². The van der Waals surface area contributed by atoms with Crippen LogP contribution in [0.3, 0.4) is 0 Å². The van der Waals surface area contributed by atoms with Gasteiger partial charge >= 0.3 is 18.4 Å². The minimum absolute atomic E-state index is 0.0905. The molecule has 0 aliphatic carbocycles. The molecule has 1 heterocycles. The molecular formula is C33H34F6N2O4. The molecule has 3 atom stereocenters. The smallest absolute Gasteiger partial charge is 0.416 e. The van der Waals surface area contributed by atoms with E-state index in [4.69, 9.17) is 9.47 Å². The first kappa shape index (κ1) is 33.8. The van der Waals surface area contributed by atoms with Crippen LogP contribution in [0.1, 0.15) is 78.7 Å². The highest BCUT2D eigenvalue weighted by Crippen LogP contribution is 2.39. The topological polar surface area (TPSA) is 67.9 Å². The van der Waals surface area contributed by atoms with Crippen molar-refractivity contribution >= 4 is 17.7 Å². The molecule has 0 bridgehead atoms. The van der Waals surface area contributed by atoms with Crippen LogP contribution in [0.2, 0.25) is 0 Å². The van der Waals surface area contributed by atoms with Crippen LogP contribution in [0.15, 0.2) is 72.8 Å². The van der Waals surface area contributed by atoms with Gasteiger partial charge in [0.2, 0.25) is 0 Å². The molecule has 1 aliphatic rings. The van der Waals surface area contributed by atoms with E-state index in [2.05, 4.69) is 5.32 Å². The molecule has 0 radical (unpaired) electrons. The number of alkyl halides is 6. The Hall–Kier alpha value is -4.06. The van der Waals surface area contributed by atoms with Crippen LogP contribution in [0.25, 0.3) is 0 Å². The van der Waals surface area contributed by atoms with E-state index in [1.165, 1.54) is 6.92 Å². The summed E-state index contributed by atoms with van der Waals surface area (Å²) in [5.74, 6) is -0.689. The first-order valence-corrected chi connectivity index (χ1v) is 14.3. The molecule has 3 aromatic rings. The Bertz CT molecular complexity index is 1450. The van der Waals surface area contributed by atoms with Gasteiger partial charge in [-0.1, -0.05) is 30.3 Å². The first-order chi connectivity index (χ1) is 20.9. The zero-order valence-electron chi connectivity index (χ0n) is 25.1. The van der Waals surface area contributed by atoms with Gasteiger partial charge in [0, 0.05) is 30.3 Å². The molecule has 0 aromatic heterocycles. The lowest BCUT2D eigenvalue weighted by molar-refractivity contribution is -0.143. The normalized spacial score (nSPS) is 18.3. The fourth-order valence-electron chi connectivity index (χ4n) is 5.15. The monoisotopic (exact) mass is 636 g/mol. The number of hydrogen-bond donors (Lipinski definition) is 1. The van der Waals surface area contributed by atoms with Crippen molar-refractivity contribution in [3.05, 3.63) is 101 Å². The van der Waals surface area contributed by atoms with Crippen LogP contribution in [0, 0.1) is 0 Å². The van der Waals surface area contributed by atoms with Gasteiger partial charge in [-0.25, -0.2) is 4.79 Å². The Labute approximate surface area is 257 Å². The Morgan fingerprint density at radius 2 is 1.44 bits per heavy atom. The van der Waals surface area contributed by atoms with Gasteiger partial charge in [0.1, 0.15) is 5.60 Å². The summed E-state index contributed by atoms with van der Waals surface area (Å²) in [6.45, 7) is 7.08. The third-order valence-corrected chi connectivity index (χ3v) is 7.30. The number of piperidine rings is 1. The quantitative estimate of drug-likeness (QED) is 0.275. The first-order valence-electron chi connectivity index (χ1n) is 14.3. The predicted octanol–water partition coefficient (Wildman–Crippen LogP) is 8.85. The summed E-state index contributed by atoms with van der Waals surface area (Å²) in [6.07, 6.45) is -12.0. The van der Waals surface area contributed by atoms with Gasteiger partial charge in [0.05, 0.1) is 23.3 Å². The molecular weight excluding hydrogens is 602 g/mol. The third kappa shape index (κ3) is 9.00. The van der Waals surface area contributed by atoms with Crippen LogP contribution >= 0.6 is 0 Å². The van der Waals surface area contributed by atoms with Gasteiger partial charge in [0.15, 0.2) is 0 Å². The van der Waals surface area contributed by atoms with Crippen molar-refractivity contribution in [3.8, 4) is 0 Å². The highest BCUT2D eigenvalue weighted by atomic mass is 19.4. The van der Waals surface area contributed by atoms with Gasteiger partial charge in [0.25, 0.3) is 5.91 Å². The molecule has 1 aliphatic heterocycles. The maximum atomic E-state index is 13.5. The molecule has 6 nitrogen and oxygen atoms in total. The molecule has 242 valence electrons. The second-order valence-electron chi connectivity index (χ2n) is 11.9. The number of nitrogens with zero attached hydrogens (tertiary/aromatic N) is 1. The minimum Gasteiger partial charge on any atom is -0.444 e. The van der Waals surface area contributed by atoms with E-state index in [0.717, 1.165) is 5.56 Å². The highest BCUT2D eigenvalue weighted by Gasteiger charge is 2.39. The number of amides is 2. The number of carbonyl (C=O) groups is 2. The molecule has 4 rings (SSSR count). The summed E-state index contributed by atoms with van der Waals surface area (Å²) in [4.78, 5) is 27.2. The molecule has 1 fully saturated rings. The van der Waals surface area contributed by atoms with Crippen molar-refractivity contribution in [2.75, 3.05) is 18.4 Å². The van der Waals surface area contributed by atoms with Crippen LogP contribution in [0.4, 0.5) is 36.8 Å². The van der Waals surface area contributed by atoms with Gasteiger partial charge in [-0.3, -0.25) is 10.1 Å². The number of rotatable bonds is 6. The Morgan fingerprint density at radius 1 is 0.867 bits per heavy atom. The minimum atomic E-state index is -4.97. The van der Waals surface area contributed by atoms with E-state index >= 15 is 0 Å². The maximum absolute atomic E-state index is 13.5. The second kappa shape index (κ2) is 13.1. The molecule has 0 unspecified atom stereocenters. The number of anilines is 1. The Balaban J connectivity index is 1.52. The van der Waals surface area contributed by atoms with Crippen molar-refractivity contribution in [3.63, 3.8) is 0 Å². The fourth-order valence-corrected chi connectivity index (χ4v) is 5.15. The largest absolute Gasteiger partial charge is 0.444 e. The lowest BCUT2D eigenvalue weighted by Crippen LogP contribution is -2.46. The summed E-state index contributed by atoms with van der Waals surface area (Å²) in [6, 6.07) is 16.8. The lowest BCUT2D eigenvalue weighted by Gasteiger charge is -2.40. The fraction of sp³-hybridized carbons (Fsp3) is 0.394. The average Bonchev–Trinajstić information content (AvgIpc) is 2.95. The van der Waals surface area contributed by atoms with Crippen molar-refractivity contribution in [1.29, 1.82) is 0 Å². The second-order valence-corrected chi connectivity index (χ2v) is 11.9. The molecule has 45 heavy (non-hydrogen) atoms. The molecule has 2 amide bonds. The SMILES string of the molecule is C[C@@H](O[C@H]1CCN(C(=O)c2ccc(NC(=O)OC(C)(C)C)cc2)C[C@H]1c1ccccc1)c1cc(C(F)(F)F)cc(C(F)(F)F)c1. The van der Waals surface area contributed by atoms with Crippen molar-refractivity contribution in [2.45, 2.75) is 70.2 Å². The molecule has 3 aromatic carbocycles. The van der Waals surface area contributed by atoms with E-state index in [9.17, 15) is 35.9 Å². The third-order valence-electron chi connectivity index (χ3n) is 7.30. The van der Waals surface area contributed by atoms with E-state index < -0.39 is 53.3 Å². The summed E-state index contributed by atoms with van der Waals surface area (Å²) in [5.41, 5.74) is -2.13. The van der Waals surface area contributed by atoms with Gasteiger partial charge in [-0.05, 0) is 87.7 Å². The zero-order chi connectivity index (χ0) is 33.2. The van der Waals surface area contributed by atoms with Crippen LogP contribution in [0.5, 0.6) is 0 Å². The number of carbonyl (C=O) groups excluding carboxylic acids is 2. The summed E-state index contributed by atoms with van der Waals surface area (Å²) in [5, 5.41) is 2.61. The summed E-state index contributed by atoms with van der Waals surface area (Å²) in [7, 11) is 0. The average molecular weight is 637 g/mol. The van der Waals surface area contributed by atoms with Crippen LogP contribution in [-0.2, 0) is 21.8 Å². The molecule has 0 saturated carbocycles.